The summed E-state index contributed by atoms with van der Waals surface area (Å²) >= 11 is 0. The molecule has 1 saturated carbocycles. The molecule has 3 aliphatic rings. The Bertz CT molecular complexity index is 636. The van der Waals surface area contributed by atoms with Gasteiger partial charge in [-0.2, -0.15) is 0 Å². The largest absolute Gasteiger partial charge is 0.457 e. The molecular weight excluding hydrogens is 302 g/mol. The van der Waals surface area contributed by atoms with Gasteiger partial charge < -0.3 is 9.64 Å². The molecule has 1 aromatic rings. The third-order valence-corrected chi connectivity index (χ3v) is 5.83. The van der Waals surface area contributed by atoms with Crippen LogP contribution < -0.4 is 0 Å². The van der Waals surface area contributed by atoms with E-state index >= 15 is 0 Å². The quantitative estimate of drug-likeness (QED) is 0.799. The van der Waals surface area contributed by atoms with Crippen LogP contribution >= 0.6 is 0 Å². The van der Waals surface area contributed by atoms with Gasteiger partial charge in [0.1, 0.15) is 6.10 Å². The Morgan fingerprint density at radius 2 is 1.88 bits per heavy atom. The lowest BCUT2D eigenvalue weighted by molar-refractivity contribution is -0.155. The van der Waals surface area contributed by atoms with Gasteiger partial charge in [-0.05, 0) is 43.2 Å². The maximum atomic E-state index is 12.6. The fourth-order valence-electron chi connectivity index (χ4n) is 4.53. The predicted octanol–water partition coefficient (Wildman–Crippen LogP) is 3.40. The Labute approximate surface area is 143 Å². The van der Waals surface area contributed by atoms with Crippen molar-refractivity contribution in [2.24, 2.45) is 5.92 Å². The minimum atomic E-state index is -0.285. The van der Waals surface area contributed by atoms with Gasteiger partial charge >= 0.3 is 5.97 Å². The zero-order valence-electron chi connectivity index (χ0n) is 14.1. The van der Waals surface area contributed by atoms with Crippen molar-refractivity contribution in [3.05, 3.63) is 35.4 Å². The molecule has 0 unspecified atom stereocenters. The molecule has 0 bridgehead atoms. The summed E-state index contributed by atoms with van der Waals surface area (Å²) in [5.41, 5.74) is 2.44. The molecule has 4 nitrogen and oxygen atoms in total. The molecule has 4 rings (SSSR count). The highest BCUT2D eigenvalue weighted by molar-refractivity contribution is 5.87. The average molecular weight is 327 g/mol. The first-order chi connectivity index (χ1) is 11.7. The number of ether oxygens (including phenoxy) is 1. The SMILES string of the molecule is O=C(O[C@H]1CCCc2ccccc21)[C@@H]1CC(=O)N(C2CCCC2)C1. The Balaban J connectivity index is 1.41. The highest BCUT2D eigenvalue weighted by Gasteiger charge is 2.40. The van der Waals surface area contributed by atoms with Gasteiger partial charge in [0.05, 0.1) is 5.92 Å². The van der Waals surface area contributed by atoms with Crippen LogP contribution in [0.4, 0.5) is 0 Å². The number of hydrogen-bond donors (Lipinski definition) is 0. The van der Waals surface area contributed by atoms with E-state index in [1.165, 1.54) is 18.4 Å². The summed E-state index contributed by atoms with van der Waals surface area (Å²) in [5, 5.41) is 0. The second kappa shape index (κ2) is 6.58. The molecule has 1 amide bonds. The van der Waals surface area contributed by atoms with E-state index in [1.54, 1.807) is 0 Å². The lowest BCUT2D eigenvalue weighted by atomic mass is 9.89. The van der Waals surface area contributed by atoms with Crippen molar-refractivity contribution in [3.63, 3.8) is 0 Å². The van der Waals surface area contributed by atoms with Crippen molar-refractivity contribution in [1.29, 1.82) is 0 Å². The number of rotatable bonds is 3. The monoisotopic (exact) mass is 327 g/mol. The van der Waals surface area contributed by atoms with Gasteiger partial charge in [-0.15, -0.1) is 0 Å². The second-order valence-corrected chi connectivity index (χ2v) is 7.40. The van der Waals surface area contributed by atoms with Gasteiger partial charge in [0, 0.05) is 19.0 Å². The van der Waals surface area contributed by atoms with E-state index in [-0.39, 0.29) is 23.9 Å². The molecule has 1 saturated heterocycles. The molecule has 0 spiro atoms. The van der Waals surface area contributed by atoms with Crippen molar-refractivity contribution < 1.29 is 14.3 Å². The molecule has 0 radical (unpaired) electrons. The summed E-state index contributed by atoms with van der Waals surface area (Å²) in [7, 11) is 0. The second-order valence-electron chi connectivity index (χ2n) is 7.40. The lowest BCUT2D eigenvalue weighted by Crippen LogP contribution is -2.35. The van der Waals surface area contributed by atoms with Crippen LogP contribution in [0.2, 0.25) is 0 Å². The minimum Gasteiger partial charge on any atom is -0.457 e. The molecule has 128 valence electrons. The van der Waals surface area contributed by atoms with Crippen LogP contribution in [-0.4, -0.2) is 29.4 Å². The van der Waals surface area contributed by atoms with Crippen LogP contribution in [0, 0.1) is 5.92 Å². The standard InChI is InChI=1S/C20H25NO3/c22-19-12-15(13-21(19)16-8-2-3-9-16)20(23)24-18-11-5-7-14-6-1-4-10-17(14)18/h1,4,6,10,15-16,18H,2-3,5,7-9,11-13H2/t15-,18+/m1/s1. The number of hydrogen-bond acceptors (Lipinski definition) is 3. The highest BCUT2D eigenvalue weighted by Crippen LogP contribution is 2.35. The number of nitrogens with zero attached hydrogens (tertiary/aromatic N) is 1. The van der Waals surface area contributed by atoms with Crippen LogP contribution in [0.1, 0.15) is 62.2 Å². The molecule has 0 N–H and O–H groups in total. The van der Waals surface area contributed by atoms with Gasteiger partial charge in [-0.3, -0.25) is 9.59 Å². The molecular formula is C20H25NO3. The molecule has 2 fully saturated rings. The third-order valence-electron chi connectivity index (χ3n) is 5.83. The number of esters is 1. The zero-order chi connectivity index (χ0) is 16.5. The van der Waals surface area contributed by atoms with E-state index in [4.69, 9.17) is 4.74 Å². The summed E-state index contributed by atoms with van der Waals surface area (Å²) < 4.78 is 5.84. The Morgan fingerprint density at radius 1 is 1.08 bits per heavy atom. The lowest BCUT2D eigenvalue weighted by Gasteiger charge is -2.27. The number of fused-ring (bicyclic) bond motifs is 1. The molecule has 1 heterocycles. The van der Waals surface area contributed by atoms with Gasteiger partial charge in [-0.25, -0.2) is 0 Å². The van der Waals surface area contributed by atoms with Crippen molar-refractivity contribution in [2.45, 2.75) is 63.5 Å². The number of carbonyl (C=O) groups excluding carboxylic acids is 2. The number of likely N-dealkylation sites (tertiary alicyclic amines) is 1. The minimum absolute atomic E-state index is 0.132. The molecule has 2 atom stereocenters. The van der Waals surface area contributed by atoms with Crippen molar-refractivity contribution >= 4 is 11.9 Å². The summed E-state index contributed by atoms with van der Waals surface area (Å²) in [6.45, 7) is 0.552. The molecule has 24 heavy (non-hydrogen) atoms. The summed E-state index contributed by atoms with van der Waals surface area (Å²) in [6.07, 6.45) is 7.74. The summed E-state index contributed by atoms with van der Waals surface area (Å²) in [6, 6.07) is 8.59. The smallest absolute Gasteiger partial charge is 0.311 e. The van der Waals surface area contributed by atoms with Crippen LogP contribution in [0.3, 0.4) is 0 Å². The van der Waals surface area contributed by atoms with E-state index in [1.807, 2.05) is 17.0 Å². The third kappa shape index (κ3) is 2.94. The Kier molecular flexibility index (Phi) is 4.30. The van der Waals surface area contributed by atoms with Crippen molar-refractivity contribution in [1.82, 2.24) is 4.90 Å². The van der Waals surface area contributed by atoms with Crippen LogP contribution in [0.25, 0.3) is 0 Å². The first kappa shape index (κ1) is 15.7. The summed E-state index contributed by atoms with van der Waals surface area (Å²) in [5.74, 6) is -0.342. The fraction of sp³-hybridized carbons (Fsp3) is 0.600. The van der Waals surface area contributed by atoms with E-state index in [9.17, 15) is 9.59 Å². The van der Waals surface area contributed by atoms with Crippen molar-refractivity contribution in [3.8, 4) is 0 Å². The number of aryl methyl sites for hydroxylation is 1. The fourth-order valence-corrected chi connectivity index (χ4v) is 4.53. The molecule has 0 aromatic heterocycles. The van der Waals surface area contributed by atoms with Gasteiger partial charge in [-0.1, -0.05) is 37.1 Å². The first-order valence-corrected chi connectivity index (χ1v) is 9.30. The van der Waals surface area contributed by atoms with Gasteiger partial charge in [0.15, 0.2) is 0 Å². The van der Waals surface area contributed by atoms with E-state index < -0.39 is 0 Å². The number of carbonyl (C=O) groups is 2. The number of benzene rings is 1. The predicted molar refractivity (Wildman–Crippen MR) is 90.3 cm³/mol. The first-order valence-electron chi connectivity index (χ1n) is 9.30. The highest BCUT2D eigenvalue weighted by atomic mass is 16.5. The molecule has 2 aliphatic carbocycles. The van der Waals surface area contributed by atoms with Gasteiger partial charge in [0.2, 0.25) is 5.91 Å². The summed E-state index contributed by atoms with van der Waals surface area (Å²) in [4.78, 5) is 26.9. The Morgan fingerprint density at radius 3 is 2.71 bits per heavy atom. The zero-order valence-corrected chi connectivity index (χ0v) is 14.1. The molecule has 1 aliphatic heterocycles. The van der Waals surface area contributed by atoms with Crippen molar-refractivity contribution in [2.75, 3.05) is 6.54 Å². The maximum Gasteiger partial charge on any atom is 0.311 e. The molecule has 1 aromatic carbocycles. The van der Waals surface area contributed by atoms with E-state index in [0.717, 1.165) is 37.7 Å². The molecule has 4 heteroatoms. The van der Waals surface area contributed by atoms with Crippen LogP contribution in [0.15, 0.2) is 24.3 Å². The topological polar surface area (TPSA) is 46.6 Å². The Hall–Kier alpha value is -1.84. The van der Waals surface area contributed by atoms with E-state index in [0.29, 0.717) is 19.0 Å². The van der Waals surface area contributed by atoms with E-state index in [2.05, 4.69) is 12.1 Å². The maximum absolute atomic E-state index is 12.6. The van der Waals surface area contributed by atoms with Gasteiger partial charge in [0.25, 0.3) is 0 Å². The van der Waals surface area contributed by atoms with Crippen LogP contribution in [0.5, 0.6) is 0 Å². The normalized spacial score (nSPS) is 27.3. The van der Waals surface area contributed by atoms with Crippen LogP contribution in [-0.2, 0) is 20.7 Å². The average Bonchev–Trinajstić information content (AvgIpc) is 3.24. The number of amides is 1.